The van der Waals surface area contributed by atoms with Crippen LogP contribution in [0.25, 0.3) is 0 Å². The predicted molar refractivity (Wildman–Crippen MR) is 86.1 cm³/mol. The monoisotopic (exact) mass is 296 g/mol. The van der Waals surface area contributed by atoms with Gasteiger partial charge in [-0.05, 0) is 43.9 Å². The number of benzene rings is 1. The molecule has 1 aliphatic carbocycles. The second kappa shape index (κ2) is 3.70. The summed E-state index contributed by atoms with van der Waals surface area (Å²) in [6.45, 7) is 4.84. The summed E-state index contributed by atoms with van der Waals surface area (Å²) >= 11 is 0. The molecule has 1 spiro atoms. The number of epoxide rings is 1. The van der Waals surface area contributed by atoms with Crippen molar-refractivity contribution in [3.8, 4) is 0 Å². The Hall–Kier alpha value is -1.06. The maximum Gasteiger partial charge on any atom is 0.0974 e. The molecule has 1 aromatic carbocycles. The van der Waals surface area contributed by atoms with E-state index in [1.165, 1.54) is 44.5 Å². The molecule has 116 valence electrons. The summed E-state index contributed by atoms with van der Waals surface area (Å²) < 4.78 is 6.17. The van der Waals surface area contributed by atoms with Gasteiger partial charge in [-0.1, -0.05) is 25.1 Å². The predicted octanol–water partition coefficient (Wildman–Crippen LogP) is 2.76. The van der Waals surface area contributed by atoms with Gasteiger partial charge in [0.05, 0.1) is 12.2 Å². The first-order chi connectivity index (χ1) is 10.8. The van der Waals surface area contributed by atoms with Gasteiger partial charge in [-0.2, -0.15) is 0 Å². The SMILES string of the molecule is CC[C@@]12CC[C@@H]3Nc4ccccc4[C@@]34CCN(C[C@H]3O[C@H]31)[C@@H]24. The molecule has 4 fully saturated rings. The lowest BCUT2D eigenvalue weighted by Crippen LogP contribution is -2.65. The van der Waals surface area contributed by atoms with E-state index in [4.69, 9.17) is 4.74 Å². The Morgan fingerprint density at radius 1 is 1.32 bits per heavy atom. The Labute approximate surface area is 132 Å². The van der Waals surface area contributed by atoms with Gasteiger partial charge in [-0.3, -0.25) is 4.90 Å². The van der Waals surface area contributed by atoms with Gasteiger partial charge in [0.1, 0.15) is 0 Å². The second-order valence-electron chi connectivity index (χ2n) is 8.15. The van der Waals surface area contributed by atoms with E-state index in [2.05, 4.69) is 41.4 Å². The third-order valence-corrected chi connectivity index (χ3v) is 7.71. The number of rotatable bonds is 1. The Morgan fingerprint density at radius 2 is 2.23 bits per heavy atom. The molecule has 22 heavy (non-hydrogen) atoms. The highest BCUT2D eigenvalue weighted by Crippen LogP contribution is 2.66. The van der Waals surface area contributed by atoms with Crippen LogP contribution in [0, 0.1) is 5.41 Å². The summed E-state index contributed by atoms with van der Waals surface area (Å²) in [7, 11) is 0. The Morgan fingerprint density at radius 3 is 3.14 bits per heavy atom. The van der Waals surface area contributed by atoms with E-state index in [0.29, 0.717) is 35.1 Å². The Bertz CT molecular complexity index is 661. The lowest BCUT2D eigenvalue weighted by atomic mass is 9.52. The molecule has 3 saturated heterocycles. The van der Waals surface area contributed by atoms with Crippen LogP contribution in [0.4, 0.5) is 5.69 Å². The molecule has 1 saturated carbocycles. The number of ether oxygens (including phenoxy) is 1. The minimum absolute atomic E-state index is 0.335. The van der Waals surface area contributed by atoms with Crippen LogP contribution in [0.5, 0.6) is 0 Å². The van der Waals surface area contributed by atoms with E-state index >= 15 is 0 Å². The molecule has 4 heterocycles. The van der Waals surface area contributed by atoms with E-state index < -0.39 is 0 Å². The lowest BCUT2D eigenvalue weighted by Gasteiger charge is -2.56. The second-order valence-corrected chi connectivity index (χ2v) is 8.15. The molecule has 5 aliphatic rings. The molecule has 1 N–H and O–H groups in total. The molecule has 0 bridgehead atoms. The minimum atomic E-state index is 0.335. The summed E-state index contributed by atoms with van der Waals surface area (Å²) in [5.41, 5.74) is 3.74. The Kier molecular flexibility index (Phi) is 2.08. The highest BCUT2D eigenvalue weighted by molar-refractivity contribution is 5.64. The van der Waals surface area contributed by atoms with Gasteiger partial charge in [0.15, 0.2) is 0 Å². The van der Waals surface area contributed by atoms with Crippen LogP contribution >= 0.6 is 0 Å². The first kappa shape index (κ1) is 12.4. The van der Waals surface area contributed by atoms with Gasteiger partial charge in [-0.15, -0.1) is 0 Å². The van der Waals surface area contributed by atoms with Crippen LogP contribution in [0.1, 0.15) is 38.2 Å². The fraction of sp³-hybridized carbons (Fsp3) is 0.684. The largest absolute Gasteiger partial charge is 0.381 e. The summed E-state index contributed by atoms with van der Waals surface area (Å²) in [4.78, 5) is 2.80. The van der Waals surface area contributed by atoms with Crippen molar-refractivity contribution in [2.75, 3.05) is 18.4 Å². The molecule has 0 unspecified atom stereocenters. The molecule has 4 aliphatic heterocycles. The number of anilines is 1. The van der Waals surface area contributed by atoms with E-state index in [0.717, 1.165) is 0 Å². The quantitative estimate of drug-likeness (QED) is 0.808. The number of piperidine rings is 1. The fourth-order valence-corrected chi connectivity index (χ4v) is 6.93. The average molecular weight is 296 g/mol. The van der Waals surface area contributed by atoms with E-state index in [9.17, 15) is 0 Å². The summed E-state index contributed by atoms with van der Waals surface area (Å²) in [5.74, 6) is 0. The number of nitrogens with zero attached hydrogens (tertiary/aromatic N) is 1. The van der Waals surface area contributed by atoms with Gasteiger partial charge in [0.25, 0.3) is 0 Å². The topological polar surface area (TPSA) is 27.8 Å². The number of hydrogen-bond donors (Lipinski definition) is 1. The van der Waals surface area contributed by atoms with Crippen LogP contribution in [-0.2, 0) is 10.2 Å². The summed E-state index contributed by atoms with van der Waals surface area (Å²) in [6.07, 6.45) is 6.31. The molecule has 3 heteroatoms. The molecule has 0 amide bonds. The van der Waals surface area contributed by atoms with Crippen LogP contribution < -0.4 is 5.32 Å². The van der Waals surface area contributed by atoms with E-state index in [1.54, 1.807) is 5.56 Å². The third kappa shape index (κ3) is 1.15. The van der Waals surface area contributed by atoms with Crippen LogP contribution in [-0.4, -0.2) is 42.3 Å². The maximum absolute atomic E-state index is 6.17. The normalized spacial score (nSPS) is 50.6. The number of para-hydroxylation sites is 1. The van der Waals surface area contributed by atoms with Crippen molar-refractivity contribution in [2.24, 2.45) is 5.41 Å². The van der Waals surface area contributed by atoms with Crippen LogP contribution in [0.15, 0.2) is 24.3 Å². The molecular formula is C19H24N2O. The number of nitrogens with one attached hydrogen (secondary N) is 1. The highest BCUT2D eigenvalue weighted by atomic mass is 16.6. The van der Waals surface area contributed by atoms with Gasteiger partial charge >= 0.3 is 0 Å². The van der Waals surface area contributed by atoms with Crippen molar-refractivity contribution in [3.63, 3.8) is 0 Å². The summed E-state index contributed by atoms with van der Waals surface area (Å²) in [5, 5.41) is 3.89. The fourth-order valence-electron chi connectivity index (χ4n) is 6.93. The van der Waals surface area contributed by atoms with Crippen molar-refractivity contribution >= 4 is 5.69 Å². The van der Waals surface area contributed by atoms with Crippen molar-refractivity contribution in [1.29, 1.82) is 0 Å². The molecule has 0 aromatic heterocycles. The molecule has 3 nitrogen and oxygen atoms in total. The van der Waals surface area contributed by atoms with Gasteiger partial charge in [-0.25, -0.2) is 0 Å². The van der Waals surface area contributed by atoms with Gasteiger partial charge in [0.2, 0.25) is 0 Å². The van der Waals surface area contributed by atoms with Crippen molar-refractivity contribution in [1.82, 2.24) is 4.90 Å². The molecule has 1 aromatic rings. The standard InChI is InChI=1S/C19H24N2O/c1-2-18-8-7-15-19(12-5-3-4-6-13(12)20-15)9-10-21(17(18)19)11-14-16(18)22-14/h3-6,14-17,20H,2,7-11H2,1H3/t14-,15+,16-,17+,18-,19+/m1/s1. The zero-order valence-corrected chi connectivity index (χ0v) is 13.2. The van der Waals surface area contributed by atoms with Crippen molar-refractivity contribution in [3.05, 3.63) is 29.8 Å². The maximum atomic E-state index is 6.17. The Balaban J connectivity index is 1.59. The zero-order valence-electron chi connectivity index (χ0n) is 13.2. The molecule has 6 rings (SSSR count). The molecule has 6 atom stereocenters. The summed E-state index contributed by atoms with van der Waals surface area (Å²) in [6, 6.07) is 10.4. The third-order valence-electron chi connectivity index (χ3n) is 7.71. The molecular weight excluding hydrogens is 272 g/mol. The molecule has 0 radical (unpaired) electrons. The number of hydrogen-bond acceptors (Lipinski definition) is 3. The highest BCUT2D eigenvalue weighted by Gasteiger charge is 2.73. The first-order valence-electron chi connectivity index (χ1n) is 9.05. The van der Waals surface area contributed by atoms with Crippen LogP contribution in [0.3, 0.4) is 0 Å². The lowest BCUT2D eigenvalue weighted by molar-refractivity contribution is -0.0210. The van der Waals surface area contributed by atoms with E-state index in [1.807, 2.05) is 0 Å². The van der Waals surface area contributed by atoms with Gasteiger partial charge < -0.3 is 10.1 Å². The first-order valence-corrected chi connectivity index (χ1v) is 9.05. The zero-order chi connectivity index (χ0) is 14.5. The smallest absolute Gasteiger partial charge is 0.0974 e. The van der Waals surface area contributed by atoms with Crippen LogP contribution in [0.2, 0.25) is 0 Å². The van der Waals surface area contributed by atoms with Gasteiger partial charge in [0, 0.05) is 35.1 Å². The van der Waals surface area contributed by atoms with Crippen molar-refractivity contribution < 1.29 is 4.74 Å². The average Bonchev–Trinajstić information content (AvgIpc) is 3.13. The number of fused-ring (bicyclic) bond motifs is 3. The van der Waals surface area contributed by atoms with E-state index in [-0.39, 0.29) is 0 Å². The van der Waals surface area contributed by atoms with Crippen molar-refractivity contribution in [2.45, 2.75) is 62.3 Å². The minimum Gasteiger partial charge on any atom is -0.381 e.